The van der Waals surface area contributed by atoms with Crippen LogP contribution in [0.2, 0.25) is 0 Å². The normalized spacial score (nSPS) is 42.1. The van der Waals surface area contributed by atoms with E-state index in [0.29, 0.717) is 29.6 Å². The summed E-state index contributed by atoms with van der Waals surface area (Å²) in [5.74, 6) is 3.12. The van der Waals surface area contributed by atoms with E-state index in [1.54, 1.807) is 0 Å². The van der Waals surface area contributed by atoms with E-state index in [0.717, 1.165) is 51.9 Å². The molecule has 0 aromatic heterocycles. The Morgan fingerprint density at radius 2 is 1.73 bits per heavy atom. The predicted molar refractivity (Wildman–Crippen MR) is 139 cm³/mol. The second-order valence-electron chi connectivity index (χ2n) is 12.6. The fourth-order valence-corrected chi connectivity index (χ4v) is 7.87. The highest BCUT2D eigenvalue weighted by Crippen LogP contribution is 2.37. The molecule has 1 saturated carbocycles. The van der Waals surface area contributed by atoms with Crippen LogP contribution in [0.5, 0.6) is 0 Å². The van der Waals surface area contributed by atoms with Crippen LogP contribution >= 0.6 is 0 Å². The van der Waals surface area contributed by atoms with E-state index in [2.05, 4.69) is 44.9 Å². The summed E-state index contributed by atoms with van der Waals surface area (Å²) in [6.45, 7) is 8.50. The van der Waals surface area contributed by atoms with E-state index in [9.17, 15) is 13.2 Å². The van der Waals surface area contributed by atoms with Gasteiger partial charge in [0.05, 0.1) is 18.4 Å². The van der Waals surface area contributed by atoms with E-state index in [1.165, 1.54) is 6.42 Å². The highest BCUT2D eigenvalue weighted by molar-refractivity contribution is 5.80. The van der Waals surface area contributed by atoms with Crippen LogP contribution in [-0.4, -0.2) is 104 Å². The van der Waals surface area contributed by atoms with Crippen molar-refractivity contribution in [2.75, 3.05) is 46.8 Å². The summed E-state index contributed by atoms with van der Waals surface area (Å²) < 4.78 is 39.7. The van der Waals surface area contributed by atoms with Crippen molar-refractivity contribution >= 4 is 5.96 Å². The van der Waals surface area contributed by atoms with Crippen LogP contribution in [0.15, 0.2) is 0 Å². The van der Waals surface area contributed by atoms with Gasteiger partial charge in [-0.3, -0.25) is 26.3 Å². The minimum absolute atomic E-state index is 0.0312. The Morgan fingerprint density at radius 1 is 1.00 bits per heavy atom. The van der Waals surface area contributed by atoms with Crippen LogP contribution in [0.4, 0.5) is 13.2 Å². The summed E-state index contributed by atoms with van der Waals surface area (Å²) >= 11 is 0. The fourth-order valence-electron chi connectivity index (χ4n) is 7.87. The Kier molecular flexibility index (Phi) is 8.00. The Labute approximate surface area is 219 Å². The third-order valence-corrected chi connectivity index (χ3v) is 10.1. The van der Waals surface area contributed by atoms with Crippen LogP contribution < -0.4 is 21.3 Å². The molecule has 5 fully saturated rings. The number of guanidine groups is 1. The first kappa shape index (κ1) is 27.4. The molecular weight excluding hydrogens is 481 g/mol. The summed E-state index contributed by atoms with van der Waals surface area (Å²) in [6, 6.07) is -1.20. The van der Waals surface area contributed by atoms with Crippen molar-refractivity contribution in [2.45, 2.75) is 82.7 Å². The lowest BCUT2D eigenvalue weighted by molar-refractivity contribution is -0.150. The molecule has 5 aliphatic rings. The maximum absolute atomic E-state index is 13.2. The molecule has 1 aliphatic carbocycles. The van der Waals surface area contributed by atoms with Crippen LogP contribution in [0.1, 0.15) is 46.0 Å². The number of hydrogen-bond donors (Lipinski definition) is 5. The summed E-state index contributed by atoms with van der Waals surface area (Å²) in [6.07, 6.45) is 1.03. The van der Waals surface area contributed by atoms with Crippen molar-refractivity contribution in [3.05, 3.63) is 0 Å². The van der Waals surface area contributed by atoms with E-state index in [1.807, 2.05) is 19.0 Å². The molecule has 4 saturated heterocycles. The van der Waals surface area contributed by atoms with E-state index >= 15 is 0 Å². The molecule has 5 N–H and O–H groups in total. The van der Waals surface area contributed by atoms with Crippen LogP contribution in [0.25, 0.3) is 0 Å². The Morgan fingerprint density at radius 3 is 2.38 bits per heavy atom. The molecule has 5 rings (SSSR count). The molecule has 0 spiro atoms. The minimum Gasteiger partial charge on any atom is -0.338 e. The number of alkyl halides is 3. The summed E-state index contributed by atoms with van der Waals surface area (Å²) in [5.41, 5.74) is 0. The Bertz CT molecular complexity index is 801. The van der Waals surface area contributed by atoms with Crippen molar-refractivity contribution in [1.29, 1.82) is 5.41 Å². The van der Waals surface area contributed by atoms with Crippen LogP contribution in [0.3, 0.4) is 0 Å². The van der Waals surface area contributed by atoms with E-state index < -0.39 is 12.2 Å². The number of rotatable bonds is 5. The standard InChI is InChI=1S/C26H47F3N8/c1-15(2)18-9-10-31-11-19(18)22-32-12-20-24(34-22)37(25(30)36(20)4)13-16-5-7-17(8-6-16)23-33-21(14-35(23)3)26(27,28)29/h15-24,30-34H,5-14H2,1-4H3. The molecule has 7 unspecified atom stereocenters. The molecule has 0 aromatic rings. The molecule has 8 nitrogen and oxygen atoms in total. The molecule has 0 aromatic carbocycles. The van der Waals surface area contributed by atoms with Gasteiger partial charge in [-0.05, 0) is 69.4 Å². The molecule has 11 heteroatoms. The lowest BCUT2D eigenvalue weighted by Gasteiger charge is -2.46. The molecule has 212 valence electrons. The van der Waals surface area contributed by atoms with E-state index in [4.69, 9.17) is 5.41 Å². The first-order chi connectivity index (χ1) is 17.5. The smallest absolute Gasteiger partial charge is 0.338 e. The molecule has 37 heavy (non-hydrogen) atoms. The average molecular weight is 529 g/mol. The Balaban J connectivity index is 1.19. The highest BCUT2D eigenvalue weighted by Gasteiger charge is 2.50. The number of piperidine rings is 1. The van der Waals surface area contributed by atoms with Gasteiger partial charge in [0, 0.05) is 39.1 Å². The third-order valence-electron chi connectivity index (χ3n) is 10.1. The van der Waals surface area contributed by atoms with Gasteiger partial charge in [-0.1, -0.05) is 13.8 Å². The monoisotopic (exact) mass is 528 g/mol. The zero-order valence-corrected chi connectivity index (χ0v) is 22.8. The van der Waals surface area contributed by atoms with Gasteiger partial charge in [-0.25, -0.2) is 0 Å². The molecule has 0 radical (unpaired) electrons. The zero-order valence-electron chi connectivity index (χ0n) is 22.8. The highest BCUT2D eigenvalue weighted by atomic mass is 19.4. The van der Waals surface area contributed by atoms with Crippen LogP contribution in [0, 0.1) is 35.0 Å². The largest absolute Gasteiger partial charge is 0.405 e. The average Bonchev–Trinajstić information content (AvgIpc) is 3.38. The first-order valence-electron chi connectivity index (χ1n) is 14.4. The molecule has 0 amide bonds. The van der Waals surface area contributed by atoms with Gasteiger partial charge in [0.25, 0.3) is 0 Å². The maximum Gasteiger partial charge on any atom is 0.405 e. The molecule has 4 heterocycles. The van der Waals surface area contributed by atoms with Gasteiger partial charge in [-0.2, -0.15) is 13.2 Å². The quantitative estimate of drug-likeness (QED) is 0.373. The Hall–Kier alpha value is -1.14. The SMILES string of the molecule is CC(C)C1CCNCC1C1NCC2C(N1)N(CC1CCC(C3NC(C(F)(F)F)CN3C)CC1)C(=N)N2C. The second-order valence-corrected chi connectivity index (χ2v) is 12.6. The van der Waals surface area contributed by atoms with Gasteiger partial charge >= 0.3 is 6.18 Å². The maximum atomic E-state index is 13.2. The van der Waals surface area contributed by atoms with Gasteiger partial charge in [-0.15, -0.1) is 0 Å². The van der Waals surface area contributed by atoms with Crippen molar-refractivity contribution in [3.8, 4) is 0 Å². The lowest BCUT2D eigenvalue weighted by Crippen LogP contribution is -2.68. The van der Waals surface area contributed by atoms with Gasteiger partial charge in [0.15, 0.2) is 5.96 Å². The van der Waals surface area contributed by atoms with Gasteiger partial charge in [0.1, 0.15) is 12.2 Å². The lowest BCUT2D eigenvalue weighted by atomic mass is 9.76. The second kappa shape index (κ2) is 10.8. The minimum atomic E-state index is -4.19. The topological polar surface area (TPSA) is 81.7 Å². The number of hydrogen-bond acceptors (Lipinski definition) is 6. The van der Waals surface area contributed by atoms with Crippen molar-refractivity contribution in [1.82, 2.24) is 36.0 Å². The number of halogens is 3. The summed E-state index contributed by atoms with van der Waals surface area (Å²) in [5, 5.41) is 23.0. The van der Waals surface area contributed by atoms with Crippen LogP contribution in [-0.2, 0) is 0 Å². The molecular formula is C26H47F3N8. The summed E-state index contributed by atoms with van der Waals surface area (Å²) in [7, 11) is 3.83. The number of nitrogens with one attached hydrogen (secondary N) is 5. The van der Waals surface area contributed by atoms with Gasteiger partial charge in [0.2, 0.25) is 0 Å². The first-order valence-corrected chi connectivity index (χ1v) is 14.4. The molecule has 0 bridgehead atoms. The third kappa shape index (κ3) is 5.48. The van der Waals surface area contributed by atoms with Gasteiger partial charge < -0.3 is 15.1 Å². The summed E-state index contributed by atoms with van der Waals surface area (Å²) in [4.78, 5) is 6.21. The fraction of sp³-hybridized carbons (Fsp3) is 0.962. The van der Waals surface area contributed by atoms with Crippen molar-refractivity contribution in [2.24, 2.45) is 29.6 Å². The number of likely N-dealkylation sites (N-methyl/N-ethyl adjacent to an activating group) is 2. The van der Waals surface area contributed by atoms with Crippen molar-refractivity contribution in [3.63, 3.8) is 0 Å². The van der Waals surface area contributed by atoms with Crippen molar-refractivity contribution < 1.29 is 13.2 Å². The van der Waals surface area contributed by atoms with E-state index in [-0.39, 0.29) is 37.0 Å². The number of fused-ring (bicyclic) bond motifs is 1. The zero-order chi connectivity index (χ0) is 26.5. The number of nitrogens with zero attached hydrogens (tertiary/aromatic N) is 3. The predicted octanol–water partition coefficient (Wildman–Crippen LogP) is 1.86. The molecule has 4 aliphatic heterocycles. The molecule has 7 atom stereocenters.